The Morgan fingerprint density at radius 1 is 1.05 bits per heavy atom. The molecule has 1 fully saturated rings. The number of benzene rings is 2. The minimum atomic E-state index is -1.02. The van der Waals surface area contributed by atoms with Gasteiger partial charge in [0.2, 0.25) is 5.78 Å². The molecule has 1 saturated heterocycles. The number of nitrogens with one attached hydrogen (secondary N) is 2. The number of fused-ring (bicyclic) bond motifs is 1. The minimum Gasteiger partial charge on any atom is -0.444 e. The summed E-state index contributed by atoms with van der Waals surface area (Å²) in [6.45, 7) is 8.20. The van der Waals surface area contributed by atoms with Crippen LogP contribution in [0.3, 0.4) is 0 Å². The molecule has 0 unspecified atom stereocenters. The number of carbonyl (C=O) groups is 4. The van der Waals surface area contributed by atoms with E-state index in [1.165, 1.54) is 0 Å². The van der Waals surface area contributed by atoms with Crippen LogP contribution in [0.5, 0.6) is 0 Å². The average molecular weight is 559 g/mol. The number of rotatable bonds is 10. The Morgan fingerprint density at radius 2 is 1.76 bits per heavy atom. The molecule has 9 heteroatoms. The van der Waals surface area contributed by atoms with E-state index in [9.17, 15) is 19.2 Å². The number of unbranched alkanes of at least 4 members (excludes halogenated alkanes) is 1. The molecule has 1 aliphatic heterocycles. The lowest BCUT2D eigenvalue weighted by Gasteiger charge is -2.26. The van der Waals surface area contributed by atoms with Gasteiger partial charge in [-0.25, -0.2) is 4.79 Å². The number of para-hydroxylation sites is 1. The van der Waals surface area contributed by atoms with Gasteiger partial charge in [0.1, 0.15) is 12.1 Å². The Bertz CT molecular complexity index is 1410. The van der Waals surface area contributed by atoms with Crippen molar-refractivity contribution in [1.82, 2.24) is 20.5 Å². The summed E-state index contributed by atoms with van der Waals surface area (Å²) in [6.07, 6.45) is 1.92. The lowest BCUT2D eigenvalue weighted by atomic mass is 9.90. The molecule has 0 radical (unpaired) electrons. The molecule has 0 spiro atoms. The monoisotopic (exact) mass is 558 g/mol. The van der Waals surface area contributed by atoms with Crippen LogP contribution in [0.25, 0.3) is 10.9 Å². The summed E-state index contributed by atoms with van der Waals surface area (Å²) < 4.78 is 5.76. The average Bonchev–Trinajstić information content (AvgIpc) is 3.27. The maximum absolute atomic E-state index is 13.3. The van der Waals surface area contributed by atoms with Gasteiger partial charge in [0, 0.05) is 23.5 Å². The van der Waals surface area contributed by atoms with E-state index < -0.39 is 35.3 Å². The predicted molar refractivity (Wildman–Crippen MR) is 156 cm³/mol. The number of hydrogen-bond acceptors (Lipinski definition) is 6. The van der Waals surface area contributed by atoms with Crippen molar-refractivity contribution >= 4 is 34.6 Å². The van der Waals surface area contributed by atoms with Crippen LogP contribution in [0.15, 0.2) is 66.9 Å². The normalized spacial score (nSPS) is 17.5. The van der Waals surface area contributed by atoms with Crippen LogP contribution in [0.4, 0.5) is 4.79 Å². The van der Waals surface area contributed by atoms with Crippen LogP contribution in [0, 0.1) is 5.41 Å². The Kier molecular flexibility index (Phi) is 9.37. The molecule has 4 rings (SSSR count). The summed E-state index contributed by atoms with van der Waals surface area (Å²) in [7, 11) is 0. The first-order chi connectivity index (χ1) is 19.6. The smallest absolute Gasteiger partial charge is 0.408 e. The van der Waals surface area contributed by atoms with E-state index in [2.05, 4.69) is 15.6 Å². The zero-order chi connectivity index (χ0) is 29.6. The number of amides is 3. The molecule has 3 atom stereocenters. The third-order valence-corrected chi connectivity index (χ3v) is 7.56. The second-order valence-corrected chi connectivity index (χ2v) is 11.3. The van der Waals surface area contributed by atoms with Crippen molar-refractivity contribution in [3.63, 3.8) is 0 Å². The van der Waals surface area contributed by atoms with Crippen molar-refractivity contribution in [3.05, 3.63) is 78.0 Å². The van der Waals surface area contributed by atoms with Crippen LogP contribution in [-0.4, -0.2) is 58.8 Å². The van der Waals surface area contributed by atoms with Gasteiger partial charge in [0.05, 0.1) is 23.7 Å². The van der Waals surface area contributed by atoms with E-state index in [1.807, 2.05) is 81.4 Å². The van der Waals surface area contributed by atoms with E-state index in [-0.39, 0.29) is 18.5 Å². The van der Waals surface area contributed by atoms with Crippen molar-refractivity contribution < 1.29 is 23.9 Å². The molecule has 0 bridgehead atoms. The summed E-state index contributed by atoms with van der Waals surface area (Å²) in [5, 5.41) is 6.22. The van der Waals surface area contributed by atoms with E-state index in [0.29, 0.717) is 24.9 Å². The molecule has 2 N–H and O–H groups in total. The number of nitrogens with zero attached hydrogens (tertiary/aromatic N) is 2. The molecule has 3 amide bonds. The fourth-order valence-electron chi connectivity index (χ4n) is 5.06. The van der Waals surface area contributed by atoms with E-state index in [4.69, 9.17) is 4.74 Å². The number of alkyl carbamates (subject to hydrolysis) is 1. The number of ether oxygens (including phenoxy) is 1. The molecule has 9 nitrogen and oxygen atoms in total. The van der Waals surface area contributed by atoms with E-state index >= 15 is 0 Å². The lowest BCUT2D eigenvalue weighted by molar-refractivity contribution is -0.139. The molecule has 2 aromatic carbocycles. The molecule has 1 aliphatic rings. The highest BCUT2D eigenvalue weighted by Gasteiger charge is 2.44. The minimum absolute atomic E-state index is 0.192. The summed E-state index contributed by atoms with van der Waals surface area (Å²) >= 11 is 0. The maximum atomic E-state index is 13.3. The SMILES string of the molecule is CCCC[C@H](NC(=O)O[C@H]1CN(C(=O)c2cnc3ccccc3c2)CC1(C)C)C(=O)C(=O)N[C@H](C)c1ccccc1. The first-order valence-corrected chi connectivity index (χ1v) is 14.1. The van der Waals surface area contributed by atoms with Gasteiger partial charge in [-0.15, -0.1) is 0 Å². The second kappa shape index (κ2) is 12.9. The highest BCUT2D eigenvalue weighted by atomic mass is 16.6. The standard InChI is InChI=1S/C32H38N4O5/c1-5-6-15-26(28(37)29(38)34-21(2)22-12-8-7-9-13-22)35-31(40)41-27-19-36(20-32(27,3)4)30(39)24-17-23-14-10-11-16-25(23)33-18-24/h7-14,16-18,21,26-27H,5-6,15,19-20H2,1-4H3,(H,34,38)(H,35,40)/t21-,26+,27+/m1/s1. The predicted octanol–water partition coefficient (Wildman–Crippen LogP) is 4.82. The summed E-state index contributed by atoms with van der Waals surface area (Å²) in [5.41, 5.74) is 1.61. The van der Waals surface area contributed by atoms with Crippen LogP contribution in [0.2, 0.25) is 0 Å². The third-order valence-electron chi connectivity index (χ3n) is 7.56. The Labute approximate surface area is 240 Å². The van der Waals surface area contributed by atoms with Crippen molar-refractivity contribution in [2.24, 2.45) is 5.41 Å². The molecular weight excluding hydrogens is 520 g/mol. The highest BCUT2D eigenvalue weighted by molar-refractivity contribution is 6.38. The first-order valence-electron chi connectivity index (χ1n) is 14.1. The number of aromatic nitrogens is 1. The van der Waals surface area contributed by atoms with Crippen LogP contribution < -0.4 is 10.6 Å². The molecule has 0 aliphatic carbocycles. The molecule has 0 saturated carbocycles. The van der Waals surface area contributed by atoms with Gasteiger partial charge in [-0.2, -0.15) is 0 Å². The second-order valence-electron chi connectivity index (χ2n) is 11.3. The van der Waals surface area contributed by atoms with Crippen molar-refractivity contribution in [1.29, 1.82) is 0 Å². The molecule has 2 heterocycles. The molecular formula is C32H38N4O5. The van der Waals surface area contributed by atoms with Crippen molar-refractivity contribution in [2.75, 3.05) is 13.1 Å². The topological polar surface area (TPSA) is 118 Å². The number of hydrogen-bond donors (Lipinski definition) is 2. The zero-order valence-electron chi connectivity index (χ0n) is 24.1. The molecule has 3 aromatic rings. The summed E-state index contributed by atoms with van der Waals surface area (Å²) in [5.74, 6) is -1.67. The van der Waals surface area contributed by atoms with Gasteiger partial charge in [-0.1, -0.05) is 82.1 Å². The first kappa shape index (κ1) is 29.7. The quantitative estimate of drug-likeness (QED) is 0.345. The van der Waals surface area contributed by atoms with Crippen molar-refractivity contribution in [3.8, 4) is 0 Å². The van der Waals surface area contributed by atoms with E-state index in [1.54, 1.807) is 18.0 Å². The van der Waals surface area contributed by atoms with Gasteiger partial charge < -0.3 is 20.3 Å². The van der Waals surface area contributed by atoms with Gasteiger partial charge in [-0.3, -0.25) is 19.4 Å². The van der Waals surface area contributed by atoms with Crippen LogP contribution in [-0.2, 0) is 14.3 Å². The van der Waals surface area contributed by atoms with Gasteiger partial charge in [0.25, 0.3) is 11.8 Å². The largest absolute Gasteiger partial charge is 0.444 e. The molecule has 216 valence electrons. The Morgan fingerprint density at radius 3 is 2.49 bits per heavy atom. The fraction of sp³-hybridized carbons (Fsp3) is 0.406. The van der Waals surface area contributed by atoms with E-state index in [0.717, 1.165) is 22.9 Å². The maximum Gasteiger partial charge on any atom is 0.408 e. The molecule has 41 heavy (non-hydrogen) atoms. The van der Waals surface area contributed by atoms with Gasteiger partial charge >= 0.3 is 6.09 Å². The molecule has 1 aromatic heterocycles. The van der Waals surface area contributed by atoms with Crippen molar-refractivity contribution in [2.45, 2.75) is 65.1 Å². The van der Waals surface area contributed by atoms with Crippen LogP contribution in [0.1, 0.15) is 68.9 Å². The van der Waals surface area contributed by atoms with Gasteiger partial charge in [0.15, 0.2) is 0 Å². The van der Waals surface area contributed by atoms with Crippen LogP contribution >= 0.6 is 0 Å². The third kappa shape index (κ3) is 7.28. The number of Topliss-reactive ketones (excluding diaryl/α,β-unsaturated/α-hetero) is 1. The zero-order valence-corrected chi connectivity index (χ0v) is 24.1. The number of ketones is 1. The number of likely N-dealkylation sites (tertiary alicyclic amines) is 1. The van der Waals surface area contributed by atoms with Gasteiger partial charge in [-0.05, 0) is 31.0 Å². The number of carbonyl (C=O) groups excluding carboxylic acids is 4. The fourth-order valence-corrected chi connectivity index (χ4v) is 5.06. The highest BCUT2D eigenvalue weighted by Crippen LogP contribution is 2.33. The Balaban J connectivity index is 1.38. The number of pyridine rings is 1. The summed E-state index contributed by atoms with van der Waals surface area (Å²) in [4.78, 5) is 58.2. The Hall–Kier alpha value is -4.27. The lowest BCUT2D eigenvalue weighted by Crippen LogP contribution is -2.49. The summed E-state index contributed by atoms with van der Waals surface area (Å²) in [6, 6.07) is 17.3.